The van der Waals surface area contributed by atoms with Crippen LogP contribution >= 0.6 is 0 Å². The summed E-state index contributed by atoms with van der Waals surface area (Å²) < 4.78 is 13.2. The zero-order chi connectivity index (χ0) is 17.4. The fourth-order valence-corrected chi connectivity index (χ4v) is 2.16. The van der Waals surface area contributed by atoms with Gasteiger partial charge in [0.25, 0.3) is 5.69 Å². The number of halogens is 1. The van der Waals surface area contributed by atoms with Gasteiger partial charge in [0.2, 0.25) is 0 Å². The predicted octanol–water partition coefficient (Wildman–Crippen LogP) is 2.99. The fourth-order valence-electron chi connectivity index (χ4n) is 2.16. The van der Waals surface area contributed by atoms with Gasteiger partial charge in [0.15, 0.2) is 5.96 Å². The number of hydrogen-bond donors (Lipinski definition) is 2. The second-order valence-corrected chi connectivity index (χ2v) is 5.06. The third kappa shape index (κ3) is 5.05. The standard InChI is InChI=1S/C17H19FN4O2/c1-2-19-17(20-11-13-6-5-8-15(18)10-13)21-12-14-7-3-4-9-16(14)22(23)24/h3-10H,2,11-12H2,1H3,(H2,19,20,21). The maximum absolute atomic E-state index is 13.2. The predicted molar refractivity (Wildman–Crippen MR) is 91.2 cm³/mol. The first-order valence-electron chi connectivity index (χ1n) is 7.59. The molecule has 7 heteroatoms. The number of nitro benzene ring substituents is 1. The van der Waals surface area contributed by atoms with Gasteiger partial charge in [-0.3, -0.25) is 10.1 Å². The van der Waals surface area contributed by atoms with Crippen LogP contribution in [-0.4, -0.2) is 17.4 Å². The van der Waals surface area contributed by atoms with Crippen LogP contribution < -0.4 is 10.6 Å². The van der Waals surface area contributed by atoms with Gasteiger partial charge in [0.05, 0.1) is 11.5 Å². The summed E-state index contributed by atoms with van der Waals surface area (Å²) >= 11 is 0. The van der Waals surface area contributed by atoms with Crippen molar-refractivity contribution in [3.63, 3.8) is 0 Å². The number of nitrogens with zero attached hydrogens (tertiary/aromatic N) is 2. The molecule has 0 saturated heterocycles. The van der Waals surface area contributed by atoms with Gasteiger partial charge in [0, 0.05) is 24.7 Å². The van der Waals surface area contributed by atoms with Crippen LogP contribution in [0.25, 0.3) is 0 Å². The minimum Gasteiger partial charge on any atom is -0.357 e. The molecule has 2 rings (SSSR count). The molecule has 126 valence electrons. The van der Waals surface area contributed by atoms with E-state index in [1.54, 1.807) is 30.3 Å². The number of rotatable bonds is 6. The van der Waals surface area contributed by atoms with Crippen molar-refractivity contribution in [2.45, 2.75) is 20.0 Å². The molecule has 2 N–H and O–H groups in total. The highest BCUT2D eigenvalue weighted by atomic mass is 19.1. The van der Waals surface area contributed by atoms with Crippen LogP contribution in [0, 0.1) is 15.9 Å². The quantitative estimate of drug-likeness (QED) is 0.369. The van der Waals surface area contributed by atoms with Gasteiger partial charge < -0.3 is 10.6 Å². The Morgan fingerprint density at radius 1 is 1.21 bits per heavy atom. The minimum absolute atomic E-state index is 0.0611. The topological polar surface area (TPSA) is 79.6 Å². The third-order valence-electron chi connectivity index (χ3n) is 3.29. The van der Waals surface area contributed by atoms with E-state index in [2.05, 4.69) is 15.6 Å². The van der Waals surface area contributed by atoms with E-state index in [0.717, 1.165) is 5.56 Å². The van der Waals surface area contributed by atoms with Gasteiger partial charge in [-0.15, -0.1) is 0 Å². The summed E-state index contributed by atoms with van der Waals surface area (Å²) in [7, 11) is 0. The molecule has 0 saturated carbocycles. The Labute approximate surface area is 139 Å². The summed E-state index contributed by atoms with van der Waals surface area (Å²) in [6.45, 7) is 3.15. The zero-order valence-electron chi connectivity index (χ0n) is 13.3. The van der Waals surface area contributed by atoms with E-state index in [0.29, 0.717) is 24.6 Å². The maximum Gasteiger partial charge on any atom is 0.274 e. The van der Waals surface area contributed by atoms with Gasteiger partial charge in [-0.05, 0) is 24.6 Å². The normalized spacial score (nSPS) is 11.2. The molecule has 0 unspecified atom stereocenters. The van der Waals surface area contributed by atoms with Crippen molar-refractivity contribution in [3.8, 4) is 0 Å². The Bertz CT molecular complexity index is 734. The summed E-state index contributed by atoms with van der Waals surface area (Å²) in [4.78, 5) is 15.0. The van der Waals surface area contributed by atoms with Gasteiger partial charge in [-0.25, -0.2) is 9.38 Å². The Hall–Kier alpha value is -2.96. The molecule has 0 aromatic heterocycles. The van der Waals surface area contributed by atoms with Crippen LogP contribution in [0.4, 0.5) is 10.1 Å². The highest BCUT2D eigenvalue weighted by Crippen LogP contribution is 2.17. The van der Waals surface area contributed by atoms with Crippen LogP contribution in [0.5, 0.6) is 0 Å². The Morgan fingerprint density at radius 2 is 2.00 bits per heavy atom. The molecular weight excluding hydrogens is 311 g/mol. The van der Waals surface area contributed by atoms with E-state index in [1.165, 1.54) is 18.2 Å². The molecule has 0 fully saturated rings. The van der Waals surface area contributed by atoms with Gasteiger partial charge in [-0.2, -0.15) is 0 Å². The van der Waals surface area contributed by atoms with Crippen molar-refractivity contribution in [2.24, 2.45) is 4.99 Å². The Morgan fingerprint density at radius 3 is 2.71 bits per heavy atom. The number of nitro groups is 1. The third-order valence-corrected chi connectivity index (χ3v) is 3.29. The van der Waals surface area contributed by atoms with E-state index < -0.39 is 4.92 Å². The summed E-state index contributed by atoms with van der Waals surface area (Å²) in [6, 6.07) is 12.8. The number of hydrogen-bond acceptors (Lipinski definition) is 3. The van der Waals surface area contributed by atoms with E-state index in [9.17, 15) is 14.5 Å². The van der Waals surface area contributed by atoms with Crippen molar-refractivity contribution in [1.82, 2.24) is 10.6 Å². The van der Waals surface area contributed by atoms with Gasteiger partial charge >= 0.3 is 0 Å². The zero-order valence-corrected chi connectivity index (χ0v) is 13.3. The monoisotopic (exact) mass is 330 g/mol. The van der Waals surface area contributed by atoms with Gasteiger partial charge in [-0.1, -0.05) is 30.3 Å². The van der Waals surface area contributed by atoms with Crippen molar-refractivity contribution >= 4 is 11.6 Å². The summed E-state index contributed by atoms with van der Waals surface area (Å²) in [5, 5.41) is 17.2. The van der Waals surface area contributed by atoms with Crippen molar-refractivity contribution in [2.75, 3.05) is 6.54 Å². The van der Waals surface area contributed by atoms with Crippen LogP contribution in [0.1, 0.15) is 18.1 Å². The Kier molecular flexibility index (Phi) is 6.24. The van der Waals surface area contributed by atoms with Crippen molar-refractivity contribution in [1.29, 1.82) is 0 Å². The molecule has 2 aromatic rings. The molecule has 0 heterocycles. The summed E-state index contributed by atoms with van der Waals surface area (Å²) in [5.74, 6) is 0.209. The molecule has 0 aliphatic heterocycles. The Balaban J connectivity index is 2.06. The first-order chi connectivity index (χ1) is 11.6. The lowest BCUT2D eigenvalue weighted by atomic mass is 10.2. The number of benzene rings is 2. The highest BCUT2D eigenvalue weighted by molar-refractivity contribution is 5.79. The largest absolute Gasteiger partial charge is 0.357 e. The van der Waals surface area contributed by atoms with E-state index in [4.69, 9.17) is 0 Å². The smallest absolute Gasteiger partial charge is 0.274 e. The van der Waals surface area contributed by atoms with Gasteiger partial charge in [0.1, 0.15) is 5.82 Å². The number of para-hydroxylation sites is 1. The second-order valence-electron chi connectivity index (χ2n) is 5.06. The molecule has 24 heavy (non-hydrogen) atoms. The van der Waals surface area contributed by atoms with Crippen molar-refractivity contribution < 1.29 is 9.31 Å². The SMILES string of the molecule is CCNC(=NCc1cccc(F)c1)NCc1ccccc1[N+](=O)[O-]. The number of aliphatic imine (C=N–C) groups is 1. The maximum atomic E-state index is 13.2. The fraction of sp³-hybridized carbons (Fsp3) is 0.235. The molecule has 2 aromatic carbocycles. The first kappa shape index (κ1) is 17.4. The van der Waals surface area contributed by atoms with E-state index in [1.807, 2.05) is 6.92 Å². The summed E-state index contributed by atoms with van der Waals surface area (Å²) in [5.41, 5.74) is 1.38. The molecule has 0 radical (unpaired) electrons. The molecule has 0 bridgehead atoms. The van der Waals surface area contributed by atoms with Crippen molar-refractivity contribution in [3.05, 3.63) is 75.6 Å². The van der Waals surface area contributed by atoms with E-state index in [-0.39, 0.29) is 18.0 Å². The molecule has 0 aliphatic rings. The molecule has 0 atom stereocenters. The lowest BCUT2D eigenvalue weighted by Crippen LogP contribution is -2.36. The van der Waals surface area contributed by atoms with E-state index >= 15 is 0 Å². The van der Waals surface area contributed by atoms with Crippen LogP contribution in [-0.2, 0) is 13.1 Å². The average molecular weight is 330 g/mol. The highest BCUT2D eigenvalue weighted by Gasteiger charge is 2.12. The lowest BCUT2D eigenvalue weighted by molar-refractivity contribution is -0.385. The molecule has 6 nitrogen and oxygen atoms in total. The van der Waals surface area contributed by atoms with Crippen LogP contribution in [0.15, 0.2) is 53.5 Å². The molecular formula is C17H19FN4O2. The molecule has 0 spiro atoms. The average Bonchev–Trinajstić information content (AvgIpc) is 2.57. The summed E-state index contributed by atoms with van der Waals surface area (Å²) in [6.07, 6.45) is 0. The minimum atomic E-state index is -0.409. The molecule has 0 amide bonds. The van der Waals surface area contributed by atoms with Crippen LogP contribution in [0.3, 0.4) is 0 Å². The first-order valence-corrected chi connectivity index (χ1v) is 7.59. The van der Waals surface area contributed by atoms with Crippen LogP contribution in [0.2, 0.25) is 0 Å². The number of guanidine groups is 1. The number of nitrogens with one attached hydrogen (secondary N) is 2. The second kappa shape index (κ2) is 8.61. The molecule has 0 aliphatic carbocycles. The lowest BCUT2D eigenvalue weighted by Gasteiger charge is -2.11.